The van der Waals surface area contributed by atoms with E-state index in [0.29, 0.717) is 18.7 Å². The first-order chi connectivity index (χ1) is 12.9. The molecule has 0 aliphatic carbocycles. The Morgan fingerprint density at radius 2 is 2.19 bits per heavy atom. The Balaban J connectivity index is 1.76. The molecule has 3 unspecified atom stereocenters. The minimum Gasteiger partial charge on any atom is -0.396 e. The van der Waals surface area contributed by atoms with Crippen LogP contribution >= 0.6 is 11.9 Å². The van der Waals surface area contributed by atoms with Gasteiger partial charge in [-0.25, -0.2) is 8.79 Å². The average molecular weight is 394 g/mol. The number of rotatable bonds is 5. The Morgan fingerprint density at radius 1 is 1.48 bits per heavy atom. The summed E-state index contributed by atoms with van der Waals surface area (Å²) < 4.78 is 17.4. The molecule has 2 aliphatic rings. The fraction of sp³-hybridized carbons (Fsp3) is 0.471. The summed E-state index contributed by atoms with van der Waals surface area (Å²) >= 11 is 1.32. The van der Waals surface area contributed by atoms with Crippen molar-refractivity contribution in [2.45, 2.75) is 30.9 Å². The first-order valence-corrected chi connectivity index (χ1v) is 9.51. The highest BCUT2D eigenvalue weighted by Gasteiger charge is 2.39. The molecule has 1 fully saturated rings. The van der Waals surface area contributed by atoms with Crippen molar-refractivity contribution >= 4 is 29.5 Å². The number of amides is 1. The Morgan fingerprint density at radius 3 is 2.78 bits per heavy atom. The third-order valence-electron chi connectivity index (χ3n) is 4.66. The highest BCUT2D eigenvalue weighted by atomic mass is 32.2. The van der Waals surface area contributed by atoms with Crippen LogP contribution in [0.15, 0.2) is 28.7 Å². The predicted molar refractivity (Wildman–Crippen MR) is 103 cm³/mol. The Kier molecular flexibility index (Phi) is 5.98. The molecule has 1 aromatic rings. The lowest BCUT2D eigenvalue weighted by atomic mass is 10.0. The normalized spacial score (nSPS) is 23.9. The van der Waals surface area contributed by atoms with Gasteiger partial charge < -0.3 is 26.0 Å². The van der Waals surface area contributed by atoms with Gasteiger partial charge in [0.05, 0.1) is 6.04 Å². The largest absolute Gasteiger partial charge is 0.396 e. The third kappa shape index (κ3) is 4.07. The lowest BCUT2D eigenvalue weighted by Gasteiger charge is -2.45. The second kappa shape index (κ2) is 8.24. The molecular weight excluding hydrogens is 371 g/mol. The monoisotopic (exact) mass is 394 g/mol. The molecule has 0 bridgehead atoms. The van der Waals surface area contributed by atoms with E-state index in [0.717, 1.165) is 5.84 Å². The number of carbonyl (C=O) groups is 1. The molecule has 0 aromatic heterocycles. The summed E-state index contributed by atoms with van der Waals surface area (Å²) in [5.41, 5.74) is 6.68. The summed E-state index contributed by atoms with van der Waals surface area (Å²) in [6.07, 6.45) is -0.261. The highest BCUT2D eigenvalue weighted by molar-refractivity contribution is 7.99. The van der Waals surface area contributed by atoms with Crippen LogP contribution in [0.3, 0.4) is 0 Å². The number of nitrogens with two attached hydrogens (primary N) is 1. The van der Waals surface area contributed by atoms with Crippen molar-refractivity contribution in [2.24, 2.45) is 10.1 Å². The number of hydrogen-bond acceptors (Lipinski definition) is 7. The topological polar surface area (TPSA) is 118 Å². The maximum Gasteiger partial charge on any atom is 0.254 e. The van der Waals surface area contributed by atoms with E-state index in [-0.39, 0.29) is 30.1 Å². The van der Waals surface area contributed by atoms with Gasteiger partial charge >= 0.3 is 0 Å². The van der Waals surface area contributed by atoms with Gasteiger partial charge in [0.2, 0.25) is 0 Å². The van der Waals surface area contributed by atoms with Gasteiger partial charge in [-0.1, -0.05) is 0 Å². The highest BCUT2D eigenvalue weighted by Crippen LogP contribution is 2.25. The summed E-state index contributed by atoms with van der Waals surface area (Å²) in [4.78, 5) is 16.1. The first kappa shape index (κ1) is 19.6. The lowest BCUT2D eigenvalue weighted by Crippen LogP contribution is -2.65. The van der Waals surface area contributed by atoms with E-state index in [1.165, 1.54) is 36.2 Å². The minimum absolute atomic E-state index is 0.165. The number of aliphatic hydroxyl groups excluding tert-OH is 1. The predicted octanol–water partition coefficient (Wildman–Crippen LogP) is 0.592. The van der Waals surface area contributed by atoms with E-state index in [9.17, 15) is 14.3 Å². The number of aliphatic hydroxyl groups is 1. The number of hydrogen-bond donors (Lipinski definition) is 4. The van der Waals surface area contributed by atoms with Crippen molar-refractivity contribution in [1.29, 1.82) is 5.41 Å². The molecule has 1 amide bonds. The standard InChI is InChI=1S/C17H23FN6O2S/c1-10-21-16(27-22-10)15(20)24-8-7-23(13(6-9-25)14(24)19)17(26)11-2-4-12(18)5-3-11/h2-5,13,15-16,19,25H,6-9,20H2,1H3,(H,21,22). The second-order valence-electron chi connectivity index (χ2n) is 6.45. The van der Waals surface area contributed by atoms with Crippen LogP contribution in [0.4, 0.5) is 4.39 Å². The van der Waals surface area contributed by atoms with Crippen LogP contribution < -0.4 is 11.1 Å². The molecule has 146 valence electrons. The summed E-state index contributed by atoms with van der Waals surface area (Å²) in [7, 11) is 0. The molecule has 10 heteroatoms. The number of nitrogens with zero attached hydrogens (tertiary/aromatic N) is 3. The van der Waals surface area contributed by atoms with Gasteiger partial charge in [0.1, 0.15) is 29.0 Å². The van der Waals surface area contributed by atoms with Gasteiger partial charge in [0, 0.05) is 37.2 Å². The SMILES string of the molecule is CC1=NSC(C(N)N2CCN(C(=O)c3ccc(F)cc3)C(CCO)C2=N)N1. The molecule has 0 radical (unpaired) electrons. The van der Waals surface area contributed by atoms with Crippen LogP contribution in [0, 0.1) is 11.2 Å². The molecule has 3 atom stereocenters. The second-order valence-corrected chi connectivity index (χ2v) is 7.35. The summed E-state index contributed by atoms with van der Waals surface area (Å²) in [6, 6.07) is 4.72. The van der Waals surface area contributed by atoms with Crippen molar-refractivity contribution in [3.63, 3.8) is 0 Å². The van der Waals surface area contributed by atoms with Crippen LogP contribution in [0.5, 0.6) is 0 Å². The quantitative estimate of drug-likeness (QED) is 0.543. The first-order valence-electron chi connectivity index (χ1n) is 8.67. The Bertz CT molecular complexity index is 743. The van der Waals surface area contributed by atoms with Crippen molar-refractivity contribution in [2.75, 3.05) is 19.7 Å². The molecule has 0 spiro atoms. The lowest BCUT2D eigenvalue weighted by molar-refractivity contribution is 0.0617. The van der Waals surface area contributed by atoms with E-state index in [4.69, 9.17) is 11.1 Å². The number of piperazine rings is 1. The van der Waals surface area contributed by atoms with Gasteiger partial charge in [-0.15, -0.1) is 0 Å². The summed E-state index contributed by atoms with van der Waals surface area (Å²) in [5.74, 6) is 0.259. The zero-order chi connectivity index (χ0) is 19.6. The van der Waals surface area contributed by atoms with E-state index in [1.807, 2.05) is 6.92 Å². The zero-order valence-electron chi connectivity index (χ0n) is 14.9. The maximum absolute atomic E-state index is 13.1. The Labute approximate surface area is 161 Å². The van der Waals surface area contributed by atoms with Gasteiger partial charge in [-0.05, 0) is 37.6 Å². The number of nitrogens with one attached hydrogen (secondary N) is 2. The fourth-order valence-corrected chi connectivity index (χ4v) is 4.08. The van der Waals surface area contributed by atoms with E-state index in [2.05, 4.69) is 9.71 Å². The molecule has 1 aromatic carbocycles. The average Bonchev–Trinajstić information content (AvgIpc) is 3.09. The third-order valence-corrected chi connectivity index (χ3v) is 5.67. The van der Waals surface area contributed by atoms with Crippen LogP contribution in [0.1, 0.15) is 23.7 Å². The van der Waals surface area contributed by atoms with Crippen molar-refractivity contribution < 1.29 is 14.3 Å². The summed E-state index contributed by atoms with van der Waals surface area (Å²) in [6.45, 7) is 2.43. The molecule has 1 saturated heterocycles. The Hall–Kier alpha value is -2.17. The number of halogens is 1. The van der Waals surface area contributed by atoms with E-state index in [1.54, 1.807) is 9.80 Å². The molecular formula is C17H23FN6O2S. The summed E-state index contributed by atoms with van der Waals surface area (Å²) in [5, 5.41) is 21.0. The van der Waals surface area contributed by atoms with E-state index < -0.39 is 18.0 Å². The van der Waals surface area contributed by atoms with E-state index >= 15 is 0 Å². The molecule has 8 nitrogen and oxygen atoms in total. The molecule has 27 heavy (non-hydrogen) atoms. The van der Waals surface area contributed by atoms with Crippen LogP contribution in [-0.4, -0.2) is 69.8 Å². The molecule has 2 heterocycles. The zero-order valence-corrected chi connectivity index (χ0v) is 15.7. The fourth-order valence-electron chi connectivity index (χ4n) is 3.26. The van der Waals surface area contributed by atoms with Crippen LogP contribution in [0.2, 0.25) is 0 Å². The number of carbonyl (C=O) groups excluding carboxylic acids is 1. The molecule has 3 rings (SSSR count). The van der Waals surface area contributed by atoms with Crippen molar-refractivity contribution in [1.82, 2.24) is 15.1 Å². The van der Waals surface area contributed by atoms with Gasteiger partial charge in [-0.3, -0.25) is 10.2 Å². The molecule has 0 saturated carbocycles. The van der Waals surface area contributed by atoms with Gasteiger partial charge in [0.25, 0.3) is 5.91 Å². The number of amidine groups is 2. The number of benzene rings is 1. The smallest absolute Gasteiger partial charge is 0.254 e. The van der Waals surface area contributed by atoms with Gasteiger partial charge in [-0.2, -0.15) is 0 Å². The van der Waals surface area contributed by atoms with Crippen LogP contribution in [0.25, 0.3) is 0 Å². The molecule has 5 N–H and O–H groups in total. The maximum atomic E-state index is 13.1. The van der Waals surface area contributed by atoms with Gasteiger partial charge in [0.15, 0.2) is 0 Å². The molecule has 2 aliphatic heterocycles. The van der Waals surface area contributed by atoms with Crippen molar-refractivity contribution in [3.8, 4) is 0 Å². The van der Waals surface area contributed by atoms with Crippen LogP contribution in [-0.2, 0) is 0 Å². The minimum atomic E-state index is -0.597. The van der Waals surface area contributed by atoms with Crippen molar-refractivity contribution in [3.05, 3.63) is 35.6 Å².